The van der Waals surface area contributed by atoms with Crippen LogP contribution in [-0.4, -0.2) is 22.0 Å². The van der Waals surface area contributed by atoms with E-state index in [1.807, 2.05) is 18.3 Å². The Bertz CT molecular complexity index is 543. The normalized spacial score (nSPS) is 11.1. The van der Waals surface area contributed by atoms with E-state index in [1.54, 1.807) is 17.5 Å². The van der Waals surface area contributed by atoms with Crippen LogP contribution in [-0.2, 0) is 4.74 Å². The summed E-state index contributed by atoms with van der Waals surface area (Å²) in [4.78, 5) is 15.9. The molecule has 2 heterocycles. The van der Waals surface area contributed by atoms with Crippen molar-refractivity contribution in [1.29, 1.82) is 0 Å². The van der Waals surface area contributed by atoms with Gasteiger partial charge in [-0.05, 0) is 30.5 Å². The summed E-state index contributed by atoms with van der Waals surface area (Å²) in [5.74, 6) is 0.111. The summed E-state index contributed by atoms with van der Waals surface area (Å²) >= 11 is 0. The van der Waals surface area contributed by atoms with Crippen LogP contribution in [0.25, 0.3) is 5.65 Å². The summed E-state index contributed by atoms with van der Waals surface area (Å²) in [6.07, 6.45) is 3.42. The van der Waals surface area contributed by atoms with Crippen LogP contribution in [0.3, 0.4) is 0 Å². The number of esters is 1. The van der Waals surface area contributed by atoms with Crippen LogP contribution in [0.4, 0.5) is 0 Å². The quantitative estimate of drug-likeness (QED) is 0.764. The van der Waals surface area contributed by atoms with Crippen molar-refractivity contribution in [2.24, 2.45) is 0 Å². The second kappa shape index (κ2) is 4.57. The van der Waals surface area contributed by atoms with E-state index in [9.17, 15) is 4.79 Å². The number of rotatable bonds is 3. The lowest BCUT2D eigenvalue weighted by Gasteiger charge is -2.06. The maximum Gasteiger partial charge on any atom is 0.356 e. The van der Waals surface area contributed by atoms with Gasteiger partial charge in [0.25, 0.3) is 0 Å². The van der Waals surface area contributed by atoms with E-state index in [4.69, 9.17) is 4.74 Å². The lowest BCUT2D eigenvalue weighted by Crippen LogP contribution is -2.07. The molecule has 0 fully saturated rings. The number of carbonyl (C=O) groups excluding carboxylic acids is 1. The van der Waals surface area contributed by atoms with Crippen molar-refractivity contribution < 1.29 is 9.53 Å². The number of fused-ring (bicyclic) bond motifs is 1. The Morgan fingerprint density at radius 1 is 1.53 bits per heavy atom. The van der Waals surface area contributed by atoms with E-state index in [0.29, 0.717) is 18.2 Å². The van der Waals surface area contributed by atoms with Gasteiger partial charge >= 0.3 is 5.97 Å². The highest BCUT2D eigenvalue weighted by atomic mass is 16.5. The van der Waals surface area contributed by atoms with Crippen LogP contribution in [0.15, 0.2) is 24.5 Å². The molecule has 0 bridgehead atoms. The van der Waals surface area contributed by atoms with Crippen molar-refractivity contribution in [2.75, 3.05) is 6.61 Å². The average molecular weight is 232 g/mol. The highest BCUT2D eigenvalue weighted by molar-refractivity contribution is 5.88. The molecule has 2 rings (SSSR count). The molecule has 0 aromatic carbocycles. The molecule has 0 unspecified atom stereocenters. The zero-order valence-corrected chi connectivity index (χ0v) is 10.3. The maximum absolute atomic E-state index is 11.7. The standard InChI is InChI=1S/C13H16N2O2/c1-4-17-13(16)11-8-14-12-7-10(9(2)3)5-6-15(11)12/h5-9H,4H2,1-3H3. The Morgan fingerprint density at radius 2 is 2.29 bits per heavy atom. The van der Waals surface area contributed by atoms with Gasteiger partial charge in [0.05, 0.1) is 12.8 Å². The number of imidazole rings is 1. The average Bonchev–Trinajstić information content (AvgIpc) is 2.71. The van der Waals surface area contributed by atoms with Crippen LogP contribution >= 0.6 is 0 Å². The first-order chi connectivity index (χ1) is 8.13. The van der Waals surface area contributed by atoms with E-state index < -0.39 is 0 Å². The molecular formula is C13H16N2O2. The molecule has 0 saturated heterocycles. The predicted molar refractivity (Wildman–Crippen MR) is 65.2 cm³/mol. The van der Waals surface area contributed by atoms with E-state index in [1.165, 1.54) is 5.56 Å². The first-order valence-electron chi connectivity index (χ1n) is 5.77. The first kappa shape index (κ1) is 11.6. The van der Waals surface area contributed by atoms with Gasteiger partial charge in [-0.15, -0.1) is 0 Å². The highest BCUT2D eigenvalue weighted by Crippen LogP contribution is 2.17. The van der Waals surface area contributed by atoms with Crippen molar-refractivity contribution >= 4 is 11.6 Å². The summed E-state index contributed by atoms with van der Waals surface area (Å²) in [6.45, 7) is 6.41. The number of aromatic nitrogens is 2. The summed E-state index contributed by atoms with van der Waals surface area (Å²) in [7, 11) is 0. The van der Waals surface area contributed by atoms with Crippen LogP contribution in [0.2, 0.25) is 0 Å². The molecule has 90 valence electrons. The molecule has 0 aliphatic carbocycles. The molecule has 2 aromatic rings. The van der Waals surface area contributed by atoms with Crippen LogP contribution in [0.1, 0.15) is 42.7 Å². The minimum atomic E-state index is -0.336. The fourth-order valence-corrected chi connectivity index (χ4v) is 1.71. The first-order valence-corrected chi connectivity index (χ1v) is 5.77. The van der Waals surface area contributed by atoms with Gasteiger partial charge in [0.15, 0.2) is 5.69 Å². The lowest BCUT2D eigenvalue weighted by molar-refractivity contribution is 0.0518. The van der Waals surface area contributed by atoms with E-state index in [0.717, 1.165) is 5.65 Å². The molecule has 4 heteroatoms. The molecule has 0 amide bonds. The molecule has 0 radical (unpaired) electrons. The number of ether oxygens (including phenoxy) is 1. The van der Waals surface area contributed by atoms with Gasteiger partial charge in [0, 0.05) is 6.20 Å². The highest BCUT2D eigenvalue weighted by Gasteiger charge is 2.13. The molecule has 4 nitrogen and oxygen atoms in total. The summed E-state index contributed by atoms with van der Waals surface area (Å²) in [5.41, 5.74) is 2.45. The van der Waals surface area contributed by atoms with E-state index in [2.05, 4.69) is 18.8 Å². The molecule has 0 saturated carbocycles. The van der Waals surface area contributed by atoms with Gasteiger partial charge in [-0.2, -0.15) is 0 Å². The van der Waals surface area contributed by atoms with Crippen molar-refractivity contribution in [3.8, 4) is 0 Å². The van der Waals surface area contributed by atoms with Crippen molar-refractivity contribution in [3.63, 3.8) is 0 Å². The summed E-state index contributed by atoms with van der Waals surface area (Å²) in [5, 5.41) is 0. The van der Waals surface area contributed by atoms with Crippen molar-refractivity contribution in [3.05, 3.63) is 35.8 Å². The van der Waals surface area contributed by atoms with E-state index in [-0.39, 0.29) is 5.97 Å². The minimum Gasteiger partial charge on any atom is -0.461 e. The SMILES string of the molecule is CCOC(=O)c1cnc2cc(C(C)C)ccn12. The van der Waals surface area contributed by atoms with Crippen LogP contribution in [0, 0.1) is 0 Å². The van der Waals surface area contributed by atoms with Crippen LogP contribution in [0.5, 0.6) is 0 Å². The molecular weight excluding hydrogens is 216 g/mol. The Kier molecular flexibility index (Phi) is 3.13. The van der Waals surface area contributed by atoms with E-state index >= 15 is 0 Å². The fourth-order valence-electron chi connectivity index (χ4n) is 1.71. The summed E-state index contributed by atoms with van der Waals surface area (Å²) < 4.78 is 6.73. The van der Waals surface area contributed by atoms with Gasteiger partial charge < -0.3 is 4.74 Å². The third-order valence-corrected chi connectivity index (χ3v) is 2.69. The van der Waals surface area contributed by atoms with Crippen molar-refractivity contribution in [2.45, 2.75) is 26.7 Å². The lowest BCUT2D eigenvalue weighted by atomic mass is 10.1. The van der Waals surface area contributed by atoms with Gasteiger partial charge in [-0.1, -0.05) is 13.8 Å². The zero-order chi connectivity index (χ0) is 12.4. The molecule has 17 heavy (non-hydrogen) atoms. The number of hydrogen-bond acceptors (Lipinski definition) is 3. The Morgan fingerprint density at radius 3 is 2.94 bits per heavy atom. The third-order valence-electron chi connectivity index (χ3n) is 2.69. The summed E-state index contributed by atoms with van der Waals surface area (Å²) in [6, 6.07) is 4.00. The monoisotopic (exact) mass is 232 g/mol. The van der Waals surface area contributed by atoms with Gasteiger partial charge in [0.2, 0.25) is 0 Å². The van der Waals surface area contributed by atoms with Crippen LogP contribution < -0.4 is 0 Å². The molecule has 0 spiro atoms. The third kappa shape index (κ3) is 2.16. The second-order valence-electron chi connectivity index (χ2n) is 4.21. The smallest absolute Gasteiger partial charge is 0.356 e. The number of carbonyl (C=O) groups is 1. The number of hydrogen-bond donors (Lipinski definition) is 0. The molecule has 0 N–H and O–H groups in total. The molecule has 0 atom stereocenters. The molecule has 0 aliphatic rings. The Balaban J connectivity index is 2.45. The van der Waals surface area contributed by atoms with Crippen molar-refractivity contribution in [1.82, 2.24) is 9.38 Å². The largest absolute Gasteiger partial charge is 0.461 e. The Hall–Kier alpha value is -1.84. The molecule has 2 aromatic heterocycles. The zero-order valence-electron chi connectivity index (χ0n) is 10.3. The van der Waals surface area contributed by atoms with Gasteiger partial charge in [0.1, 0.15) is 5.65 Å². The molecule has 0 aliphatic heterocycles. The fraction of sp³-hybridized carbons (Fsp3) is 0.385. The number of nitrogens with zero attached hydrogens (tertiary/aromatic N) is 2. The predicted octanol–water partition coefficient (Wildman–Crippen LogP) is 2.63. The number of pyridine rings is 1. The topological polar surface area (TPSA) is 43.6 Å². The maximum atomic E-state index is 11.7. The minimum absolute atomic E-state index is 0.336. The van der Waals surface area contributed by atoms with Gasteiger partial charge in [-0.25, -0.2) is 9.78 Å². The Labute approximate surface area is 100 Å². The second-order valence-corrected chi connectivity index (χ2v) is 4.21. The van der Waals surface area contributed by atoms with Gasteiger partial charge in [-0.3, -0.25) is 4.40 Å².